The summed E-state index contributed by atoms with van der Waals surface area (Å²) in [7, 11) is -4.32. The molecule has 0 unspecified atom stereocenters. The molecule has 5 heteroatoms. The molecule has 4 nitrogen and oxygen atoms in total. The maximum atomic E-state index is 10.3. The molecule has 0 aliphatic rings. The van der Waals surface area contributed by atoms with Gasteiger partial charge in [-0.3, -0.25) is 4.52 Å². The van der Waals surface area contributed by atoms with E-state index in [0.29, 0.717) is 0 Å². The fourth-order valence-corrected chi connectivity index (χ4v) is 1.24. The number of phosphoric acid groups is 1. The van der Waals surface area contributed by atoms with Gasteiger partial charge in [0.2, 0.25) is 0 Å². The van der Waals surface area contributed by atoms with Gasteiger partial charge in [0, 0.05) is 0 Å². The van der Waals surface area contributed by atoms with E-state index in [-0.39, 0.29) is 6.61 Å². The third-order valence-electron chi connectivity index (χ3n) is 1.77. The highest BCUT2D eigenvalue weighted by molar-refractivity contribution is 7.46. The molecule has 0 heterocycles. The number of phosphoric ester groups is 1. The van der Waals surface area contributed by atoms with Gasteiger partial charge in [-0.25, -0.2) is 4.57 Å². The minimum Gasteiger partial charge on any atom is -0.303 e. The van der Waals surface area contributed by atoms with Crippen molar-refractivity contribution in [1.29, 1.82) is 0 Å². The average molecular weight is 234 g/mol. The van der Waals surface area contributed by atoms with Crippen LogP contribution in [0.5, 0.6) is 0 Å². The summed E-state index contributed by atoms with van der Waals surface area (Å²) in [6, 6.07) is 0. The zero-order valence-corrected chi connectivity index (χ0v) is 10.3. The number of hydrogen-bond acceptors (Lipinski definition) is 2. The van der Waals surface area contributed by atoms with Gasteiger partial charge in [0.1, 0.15) is 0 Å². The first-order valence-corrected chi connectivity index (χ1v) is 6.33. The molecule has 0 rings (SSSR count). The smallest absolute Gasteiger partial charge is 0.303 e. The molecule has 0 aromatic heterocycles. The molecule has 0 atom stereocenters. The van der Waals surface area contributed by atoms with Crippen LogP contribution in [0.4, 0.5) is 0 Å². The van der Waals surface area contributed by atoms with Crippen LogP contribution in [0, 0.1) is 0 Å². The Morgan fingerprint density at radius 3 is 2.33 bits per heavy atom. The van der Waals surface area contributed by atoms with Crippen LogP contribution in [-0.4, -0.2) is 16.4 Å². The Labute approximate surface area is 90.9 Å². The molecule has 0 aliphatic carbocycles. The minimum atomic E-state index is -4.32. The fraction of sp³-hybridized carbons (Fsp3) is 0.600. The molecule has 0 fully saturated rings. The van der Waals surface area contributed by atoms with Gasteiger partial charge in [-0.2, -0.15) is 0 Å². The predicted octanol–water partition coefficient (Wildman–Crippen LogP) is 2.79. The number of rotatable bonds is 6. The van der Waals surface area contributed by atoms with Crippen molar-refractivity contribution in [2.24, 2.45) is 0 Å². The molecule has 88 valence electrons. The van der Waals surface area contributed by atoms with Crippen molar-refractivity contribution in [1.82, 2.24) is 0 Å². The standard InChI is InChI=1S/C10H19O4P/c1-9(2)5-4-6-10(3)7-8-14-15(11,12)13/h5,7H,4,6,8H2,1-3H3,(H2,11,12,13)/b10-7+. The second kappa shape index (κ2) is 6.96. The molecule has 0 radical (unpaired) electrons. The van der Waals surface area contributed by atoms with E-state index in [1.807, 2.05) is 20.8 Å². The van der Waals surface area contributed by atoms with Crippen LogP contribution in [0.1, 0.15) is 33.6 Å². The molecule has 0 aromatic rings. The first kappa shape index (κ1) is 14.6. The Morgan fingerprint density at radius 2 is 1.87 bits per heavy atom. The second-order valence-corrected chi connectivity index (χ2v) is 4.90. The fourth-order valence-electron chi connectivity index (χ4n) is 0.967. The van der Waals surface area contributed by atoms with Crippen LogP contribution in [0.15, 0.2) is 23.3 Å². The maximum Gasteiger partial charge on any atom is 0.469 e. The van der Waals surface area contributed by atoms with E-state index < -0.39 is 7.82 Å². The van der Waals surface area contributed by atoms with Crippen LogP contribution in [0.2, 0.25) is 0 Å². The molecule has 0 aromatic carbocycles. The summed E-state index contributed by atoms with van der Waals surface area (Å²) < 4.78 is 14.7. The molecule has 0 bridgehead atoms. The van der Waals surface area contributed by atoms with E-state index >= 15 is 0 Å². The molecule has 15 heavy (non-hydrogen) atoms. The molecule has 0 spiro atoms. The van der Waals surface area contributed by atoms with Gasteiger partial charge in [0.25, 0.3) is 0 Å². The quantitative estimate of drug-likeness (QED) is 0.547. The highest BCUT2D eigenvalue weighted by Crippen LogP contribution is 2.35. The lowest BCUT2D eigenvalue weighted by atomic mass is 10.1. The van der Waals surface area contributed by atoms with Gasteiger partial charge in [-0.1, -0.05) is 23.3 Å². The van der Waals surface area contributed by atoms with Crippen LogP contribution in [0.25, 0.3) is 0 Å². The molecule has 0 saturated carbocycles. The number of hydrogen-bond donors (Lipinski definition) is 2. The van der Waals surface area contributed by atoms with Crippen molar-refractivity contribution in [3.63, 3.8) is 0 Å². The van der Waals surface area contributed by atoms with Crippen molar-refractivity contribution in [3.05, 3.63) is 23.3 Å². The van der Waals surface area contributed by atoms with Gasteiger partial charge < -0.3 is 9.79 Å². The van der Waals surface area contributed by atoms with E-state index in [1.165, 1.54) is 5.57 Å². The summed E-state index contributed by atoms with van der Waals surface area (Å²) in [5.74, 6) is 0. The van der Waals surface area contributed by atoms with Gasteiger partial charge in [0.15, 0.2) is 0 Å². The van der Waals surface area contributed by atoms with E-state index in [0.717, 1.165) is 18.4 Å². The predicted molar refractivity (Wildman–Crippen MR) is 60.4 cm³/mol. The zero-order chi connectivity index (χ0) is 11.9. The largest absolute Gasteiger partial charge is 0.469 e. The zero-order valence-electron chi connectivity index (χ0n) is 9.43. The monoisotopic (exact) mass is 234 g/mol. The first-order valence-electron chi connectivity index (χ1n) is 4.80. The Bertz CT molecular complexity index is 284. The van der Waals surface area contributed by atoms with Gasteiger partial charge >= 0.3 is 7.82 Å². The molecule has 2 N–H and O–H groups in total. The maximum absolute atomic E-state index is 10.3. The lowest BCUT2D eigenvalue weighted by Gasteiger charge is -2.03. The van der Waals surface area contributed by atoms with Gasteiger partial charge in [-0.15, -0.1) is 0 Å². The average Bonchev–Trinajstić information content (AvgIpc) is 2.00. The molecule has 0 amide bonds. The number of allylic oxidation sites excluding steroid dienone is 3. The topological polar surface area (TPSA) is 66.8 Å². The Kier molecular flexibility index (Phi) is 6.77. The van der Waals surface area contributed by atoms with E-state index in [9.17, 15) is 4.57 Å². The third-order valence-corrected chi connectivity index (χ3v) is 2.25. The molecule has 0 aliphatic heterocycles. The minimum absolute atomic E-state index is 0.0368. The Morgan fingerprint density at radius 1 is 1.27 bits per heavy atom. The van der Waals surface area contributed by atoms with Gasteiger partial charge in [0.05, 0.1) is 6.61 Å². The summed E-state index contributed by atoms with van der Waals surface area (Å²) in [6.45, 7) is 5.96. The molecular formula is C10H19O4P. The van der Waals surface area contributed by atoms with Crippen molar-refractivity contribution in [2.45, 2.75) is 33.6 Å². The summed E-state index contributed by atoms with van der Waals surface area (Å²) in [6.07, 6.45) is 5.65. The highest BCUT2D eigenvalue weighted by Gasteiger charge is 2.11. The first-order chi connectivity index (χ1) is 6.81. The lowest BCUT2D eigenvalue weighted by molar-refractivity contribution is 0.215. The second-order valence-electron chi connectivity index (χ2n) is 3.66. The highest BCUT2D eigenvalue weighted by atomic mass is 31.2. The van der Waals surface area contributed by atoms with Crippen LogP contribution < -0.4 is 0 Å². The Hall–Kier alpha value is -0.410. The molecule has 0 saturated heterocycles. The van der Waals surface area contributed by atoms with Crippen LogP contribution in [0.3, 0.4) is 0 Å². The summed E-state index contributed by atoms with van der Waals surface area (Å²) in [5.41, 5.74) is 2.34. The molecular weight excluding hydrogens is 215 g/mol. The summed E-state index contributed by atoms with van der Waals surface area (Å²) >= 11 is 0. The van der Waals surface area contributed by atoms with Crippen molar-refractivity contribution in [2.75, 3.05) is 6.61 Å². The summed E-state index contributed by atoms with van der Waals surface area (Å²) in [5, 5.41) is 0. The van der Waals surface area contributed by atoms with E-state index in [4.69, 9.17) is 9.79 Å². The normalized spacial score (nSPS) is 12.7. The lowest BCUT2D eigenvalue weighted by Crippen LogP contribution is -1.89. The van der Waals surface area contributed by atoms with Crippen LogP contribution in [-0.2, 0) is 9.09 Å². The van der Waals surface area contributed by atoms with Crippen molar-refractivity contribution in [3.8, 4) is 0 Å². The van der Waals surface area contributed by atoms with E-state index in [1.54, 1.807) is 6.08 Å². The summed E-state index contributed by atoms with van der Waals surface area (Å²) in [4.78, 5) is 16.9. The van der Waals surface area contributed by atoms with E-state index in [2.05, 4.69) is 10.6 Å². The SMILES string of the molecule is CC(C)=CCC/C(C)=C/COP(=O)(O)O. The van der Waals surface area contributed by atoms with Crippen LogP contribution >= 0.6 is 7.82 Å². The Balaban J connectivity index is 3.80. The van der Waals surface area contributed by atoms with Crippen molar-refractivity contribution >= 4 is 7.82 Å². The third kappa shape index (κ3) is 11.5. The van der Waals surface area contributed by atoms with Gasteiger partial charge in [-0.05, 0) is 33.6 Å². The van der Waals surface area contributed by atoms with Crippen molar-refractivity contribution < 1.29 is 18.9 Å².